The van der Waals surface area contributed by atoms with Crippen molar-refractivity contribution in [2.75, 3.05) is 0 Å². The molecule has 0 unspecified atom stereocenters. The van der Waals surface area contributed by atoms with Crippen LogP contribution in [0.3, 0.4) is 0 Å². The van der Waals surface area contributed by atoms with Crippen LogP contribution in [0.1, 0.15) is 19.3 Å². The zero-order valence-electron chi connectivity index (χ0n) is 6.53. The summed E-state index contributed by atoms with van der Waals surface area (Å²) in [6.45, 7) is 0. The van der Waals surface area contributed by atoms with E-state index in [1.165, 1.54) is 0 Å². The van der Waals surface area contributed by atoms with E-state index in [1.54, 1.807) is 0 Å². The minimum Gasteiger partial charge on any atom is -0.481 e. The fraction of sp³-hybridized carbons (Fsp3) is 0.750. The first-order valence-electron chi connectivity index (χ1n) is 4.12. The molecule has 0 aromatic carbocycles. The molecule has 1 N–H and O–H groups in total. The monoisotopic (exact) mass is 170 g/mol. The van der Waals surface area contributed by atoms with Gasteiger partial charge in [0.1, 0.15) is 6.10 Å². The van der Waals surface area contributed by atoms with Gasteiger partial charge in [-0.2, -0.15) is 0 Å². The molecule has 0 radical (unpaired) electrons. The largest absolute Gasteiger partial charge is 0.481 e. The van der Waals surface area contributed by atoms with Crippen LogP contribution in [0.4, 0.5) is 0 Å². The van der Waals surface area contributed by atoms with Gasteiger partial charge in [-0.3, -0.25) is 9.59 Å². The maximum absolute atomic E-state index is 11.1. The van der Waals surface area contributed by atoms with Crippen molar-refractivity contribution in [2.45, 2.75) is 25.4 Å². The molecule has 66 valence electrons. The predicted molar refractivity (Wildman–Crippen MR) is 38.3 cm³/mol. The van der Waals surface area contributed by atoms with Crippen LogP contribution in [0.5, 0.6) is 0 Å². The molecule has 1 aliphatic heterocycles. The molecule has 0 aromatic rings. The number of esters is 1. The number of carboxylic acid groups (broad SMARTS) is 1. The molecule has 1 heterocycles. The lowest BCUT2D eigenvalue weighted by Crippen LogP contribution is -2.29. The smallest absolute Gasteiger partial charge is 0.310 e. The Morgan fingerprint density at radius 3 is 2.92 bits per heavy atom. The second-order valence-corrected chi connectivity index (χ2v) is 3.42. The molecule has 2 rings (SSSR count). The van der Waals surface area contributed by atoms with Gasteiger partial charge in [0.15, 0.2) is 0 Å². The van der Waals surface area contributed by atoms with Crippen LogP contribution in [0, 0.1) is 11.8 Å². The number of fused-ring (bicyclic) bond motifs is 2. The van der Waals surface area contributed by atoms with E-state index in [4.69, 9.17) is 9.84 Å². The molecule has 0 amide bonds. The Morgan fingerprint density at radius 2 is 2.25 bits per heavy atom. The summed E-state index contributed by atoms with van der Waals surface area (Å²) in [4.78, 5) is 21.8. The maximum atomic E-state index is 11.1. The van der Waals surface area contributed by atoms with Crippen molar-refractivity contribution in [3.8, 4) is 0 Å². The van der Waals surface area contributed by atoms with E-state index >= 15 is 0 Å². The molecule has 4 nitrogen and oxygen atoms in total. The van der Waals surface area contributed by atoms with E-state index in [1.807, 2.05) is 0 Å². The van der Waals surface area contributed by atoms with E-state index in [2.05, 4.69) is 0 Å². The molecule has 0 spiro atoms. The highest BCUT2D eigenvalue weighted by Gasteiger charge is 2.46. The van der Waals surface area contributed by atoms with Gasteiger partial charge in [0.05, 0.1) is 11.8 Å². The summed E-state index contributed by atoms with van der Waals surface area (Å²) in [5, 5.41) is 8.77. The molecule has 2 aliphatic rings. The first kappa shape index (κ1) is 7.58. The number of carboxylic acids is 1. The molecule has 4 heteroatoms. The topological polar surface area (TPSA) is 63.6 Å². The molecule has 2 fully saturated rings. The fourth-order valence-corrected chi connectivity index (χ4v) is 2.05. The Balaban J connectivity index is 2.18. The lowest BCUT2D eigenvalue weighted by atomic mass is 9.80. The quantitative estimate of drug-likeness (QED) is 0.579. The summed E-state index contributed by atoms with van der Waals surface area (Å²) in [7, 11) is 0. The van der Waals surface area contributed by atoms with Gasteiger partial charge in [0.2, 0.25) is 0 Å². The zero-order valence-corrected chi connectivity index (χ0v) is 6.53. The van der Waals surface area contributed by atoms with Crippen LogP contribution >= 0.6 is 0 Å². The third-order valence-corrected chi connectivity index (χ3v) is 2.70. The van der Waals surface area contributed by atoms with E-state index in [0.717, 1.165) is 0 Å². The molecule has 12 heavy (non-hydrogen) atoms. The van der Waals surface area contributed by atoms with E-state index in [9.17, 15) is 9.59 Å². The number of rotatable bonds is 1. The van der Waals surface area contributed by atoms with Crippen molar-refractivity contribution in [2.24, 2.45) is 11.8 Å². The number of carbonyl (C=O) groups excluding carboxylic acids is 1. The van der Waals surface area contributed by atoms with Crippen molar-refractivity contribution in [1.82, 2.24) is 0 Å². The van der Waals surface area contributed by atoms with Crippen LogP contribution in [0.25, 0.3) is 0 Å². The lowest BCUT2D eigenvalue weighted by molar-refractivity contribution is -0.150. The Kier molecular flexibility index (Phi) is 1.56. The SMILES string of the molecule is O=C1O[C@H]2CC[C@@H](C(=O)O)[C@@H]1C2. The first-order valence-corrected chi connectivity index (χ1v) is 4.12. The normalized spacial score (nSPS) is 39.3. The maximum Gasteiger partial charge on any atom is 0.310 e. The van der Waals surface area contributed by atoms with Gasteiger partial charge in [0, 0.05) is 0 Å². The second-order valence-electron chi connectivity index (χ2n) is 3.42. The van der Waals surface area contributed by atoms with Crippen LogP contribution in [-0.2, 0) is 14.3 Å². The molecule has 2 bridgehead atoms. The highest BCUT2D eigenvalue weighted by molar-refractivity contribution is 5.83. The number of aliphatic carboxylic acids is 1. The van der Waals surface area contributed by atoms with Crippen molar-refractivity contribution in [3.63, 3.8) is 0 Å². The molecule has 1 aliphatic carbocycles. The summed E-state index contributed by atoms with van der Waals surface area (Å²) >= 11 is 0. The van der Waals surface area contributed by atoms with Crippen LogP contribution in [0.2, 0.25) is 0 Å². The van der Waals surface area contributed by atoms with Gasteiger partial charge in [-0.1, -0.05) is 0 Å². The Bertz CT molecular complexity index is 235. The van der Waals surface area contributed by atoms with Gasteiger partial charge < -0.3 is 9.84 Å². The van der Waals surface area contributed by atoms with Crippen LogP contribution in [0.15, 0.2) is 0 Å². The molecule has 3 atom stereocenters. The van der Waals surface area contributed by atoms with Gasteiger partial charge >= 0.3 is 11.9 Å². The fourth-order valence-electron chi connectivity index (χ4n) is 2.05. The Morgan fingerprint density at radius 1 is 1.50 bits per heavy atom. The minimum atomic E-state index is -0.864. The van der Waals surface area contributed by atoms with E-state index in [-0.39, 0.29) is 18.0 Å². The molecular weight excluding hydrogens is 160 g/mol. The predicted octanol–water partition coefficient (Wildman–Crippen LogP) is 0.413. The first-order chi connectivity index (χ1) is 5.68. The highest BCUT2D eigenvalue weighted by Crippen LogP contribution is 2.38. The average molecular weight is 170 g/mol. The van der Waals surface area contributed by atoms with Crippen molar-refractivity contribution in [1.29, 1.82) is 0 Å². The summed E-state index contributed by atoms with van der Waals surface area (Å²) in [5.41, 5.74) is 0. The summed E-state index contributed by atoms with van der Waals surface area (Å²) in [6, 6.07) is 0. The van der Waals surface area contributed by atoms with Gasteiger partial charge in [-0.05, 0) is 19.3 Å². The molecule has 0 aromatic heterocycles. The molecule has 1 saturated heterocycles. The summed E-state index contributed by atoms with van der Waals surface area (Å²) < 4.78 is 4.96. The van der Waals surface area contributed by atoms with Crippen molar-refractivity contribution < 1.29 is 19.4 Å². The second kappa shape index (κ2) is 2.47. The number of hydrogen-bond donors (Lipinski definition) is 1. The van der Waals surface area contributed by atoms with Crippen molar-refractivity contribution >= 4 is 11.9 Å². The lowest BCUT2D eigenvalue weighted by Gasteiger charge is -2.20. The zero-order chi connectivity index (χ0) is 8.72. The number of ether oxygens (including phenoxy) is 1. The molecular formula is C8H10O4. The van der Waals surface area contributed by atoms with Crippen LogP contribution < -0.4 is 0 Å². The summed E-state index contributed by atoms with van der Waals surface area (Å²) in [5.74, 6) is -2.06. The van der Waals surface area contributed by atoms with E-state index < -0.39 is 11.9 Å². The molecule has 1 saturated carbocycles. The van der Waals surface area contributed by atoms with Crippen LogP contribution in [-0.4, -0.2) is 23.1 Å². The minimum absolute atomic E-state index is 0.00176. The average Bonchev–Trinajstić information content (AvgIpc) is 2.28. The standard InChI is InChI=1S/C8H10O4/c9-7(10)5-2-1-4-3-6(5)8(11)12-4/h4-6H,1-3H2,(H,9,10)/t4-,5+,6-/m0/s1. The van der Waals surface area contributed by atoms with Crippen molar-refractivity contribution in [3.05, 3.63) is 0 Å². The highest BCUT2D eigenvalue weighted by atomic mass is 16.6. The van der Waals surface area contributed by atoms with E-state index in [0.29, 0.717) is 19.3 Å². The number of hydrogen-bond acceptors (Lipinski definition) is 3. The summed E-state index contributed by atoms with van der Waals surface area (Å²) in [6.07, 6.45) is 1.89. The Labute approximate surface area is 69.5 Å². The third-order valence-electron chi connectivity index (χ3n) is 2.70. The number of carbonyl (C=O) groups is 2. The van der Waals surface area contributed by atoms with Gasteiger partial charge in [-0.25, -0.2) is 0 Å². The van der Waals surface area contributed by atoms with Gasteiger partial charge in [-0.15, -0.1) is 0 Å². The third kappa shape index (κ3) is 0.983. The van der Waals surface area contributed by atoms with Gasteiger partial charge in [0.25, 0.3) is 0 Å². The Hall–Kier alpha value is -1.06.